The molecule has 0 aliphatic heterocycles. The van der Waals surface area contributed by atoms with E-state index in [4.69, 9.17) is 0 Å². The average Bonchev–Trinajstić information content (AvgIpc) is 3.48. The Morgan fingerprint density at radius 3 is 2.04 bits per heavy atom. The van der Waals surface area contributed by atoms with Gasteiger partial charge in [-0.15, -0.1) is 0 Å². The molecular formula is C25H30N2O. The quantitative estimate of drug-likeness (QED) is 0.562. The second-order valence-corrected chi connectivity index (χ2v) is 8.54. The third kappa shape index (κ3) is 3.76. The van der Waals surface area contributed by atoms with Crippen LogP contribution in [-0.2, 0) is 10.2 Å². The van der Waals surface area contributed by atoms with Crippen LogP contribution in [0.3, 0.4) is 0 Å². The molecule has 146 valence electrons. The number of amides is 1. The Labute approximate surface area is 168 Å². The van der Waals surface area contributed by atoms with Gasteiger partial charge >= 0.3 is 0 Å². The first-order valence-electron chi connectivity index (χ1n) is 10.6. The van der Waals surface area contributed by atoms with Crippen molar-refractivity contribution in [3.05, 3.63) is 70.8 Å². The Hall–Kier alpha value is -2.42. The van der Waals surface area contributed by atoms with Crippen LogP contribution in [0, 0.1) is 19.8 Å². The summed E-state index contributed by atoms with van der Waals surface area (Å²) in [7, 11) is 0. The molecule has 0 bridgehead atoms. The largest absolute Gasteiger partial charge is 0.273 e. The molecule has 1 atom stereocenters. The topological polar surface area (TPSA) is 41.5 Å². The summed E-state index contributed by atoms with van der Waals surface area (Å²) < 4.78 is 0. The summed E-state index contributed by atoms with van der Waals surface area (Å²) in [5.74, 6) is -0.00835. The van der Waals surface area contributed by atoms with Crippen LogP contribution in [0.1, 0.15) is 67.2 Å². The number of carbonyl (C=O) groups excluding carboxylic acids is 1. The lowest BCUT2D eigenvalue weighted by Gasteiger charge is -2.20. The highest BCUT2D eigenvalue weighted by Crippen LogP contribution is 2.59. The van der Waals surface area contributed by atoms with Gasteiger partial charge in [-0.05, 0) is 57.1 Å². The summed E-state index contributed by atoms with van der Waals surface area (Å²) in [5.41, 5.74) is 8.77. The van der Waals surface area contributed by atoms with Crippen molar-refractivity contribution in [2.24, 2.45) is 11.0 Å². The fourth-order valence-corrected chi connectivity index (χ4v) is 4.69. The molecule has 0 saturated heterocycles. The van der Waals surface area contributed by atoms with Crippen molar-refractivity contribution < 1.29 is 4.79 Å². The molecule has 0 radical (unpaired) electrons. The lowest BCUT2D eigenvalue weighted by molar-refractivity contribution is -0.122. The number of nitrogens with zero attached hydrogens (tertiary/aromatic N) is 1. The Morgan fingerprint density at radius 1 is 0.929 bits per heavy atom. The number of aryl methyl sites for hydroxylation is 2. The van der Waals surface area contributed by atoms with Gasteiger partial charge < -0.3 is 0 Å². The summed E-state index contributed by atoms with van der Waals surface area (Å²) >= 11 is 0. The van der Waals surface area contributed by atoms with Gasteiger partial charge in [0.15, 0.2) is 0 Å². The molecule has 3 heteroatoms. The first-order chi connectivity index (χ1) is 13.6. The second-order valence-electron chi connectivity index (χ2n) is 8.54. The SMILES string of the molecule is Cc1cccc(C2(c3cccc(C)c3)CC2C(=O)NN=C2CCCCCC2)c1. The first kappa shape index (κ1) is 18.9. The number of rotatable bonds is 4. The lowest BCUT2D eigenvalue weighted by atomic mass is 9.84. The predicted octanol–water partition coefficient (Wildman–Crippen LogP) is 5.44. The summed E-state index contributed by atoms with van der Waals surface area (Å²) in [5, 5.41) is 4.51. The Balaban J connectivity index is 1.60. The maximum absolute atomic E-state index is 13.0. The zero-order valence-corrected chi connectivity index (χ0v) is 17.0. The highest BCUT2D eigenvalue weighted by molar-refractivity contribution is 5.89. The molecule has 3 nitrogen and oxygen atoms in total. The molecule has 4 rings (SSSR count). The third-order valence-corrected chi connectivity index (χ3v) is 6.35. The molecule has 0 heterocycles. The number of hydrazone groups is 1. The van der Waals surface area contributed by atoms with Gasteiger partial charge in [-0.3, -0.25) is 4.79 Å². The fraction of sp³-hybridized carbons (Fsp3) is 0.440. The minimum atomic E-state index is -0.230. The van der Waals surface area contributed by atoms with Crippen LogP contribution >= 0.6 is 0 Å². The van der Waals surface area contributed by atoms with Crippen LogP contribution in [0.25, 0.3) is 0 Å². The van der Waals surface area contributed by atoms with E-state index in [2.05, 4.69) is 72.9 Å². The summed E-state index contributed by atoms with van der Waals surface area (Å²) in [4.78, 5) is 13.0. The molecule has 2 aromatic rings. The van der Waals surface area contributed by atoms with E-state index in [1.807, 2.05) is 0 Å². The number of hydrogen-bond donors (Lipinski definition) is 1. The predicted molar refractivity (Wildman–Crippen MR) is 115 cm³/mol. The molecule has 28 heavy (non-hydrogen) atoms. The minimum Gasteiger partial charge on any atom is -0.273 e. The van der Waals surface area contributed by atoms with Crippen molar-refractivity contribution in [1.29, 1.82) is 0 Å². The van der Waals surface area contributed by atoms with Gasteiger partial charge in [-0.1, -0.05) is 72.5 Å². The molecule has 2 fully saturated rings. The van der Waals surface area contributed by atoms with Crippen molar-refractivity contribution in [3.8, 4) is 0 Å². The molecule has 2 aromatic carbocycles. The van der Waals surface area contributed by atoms with E-state index < -0.39 is 0 Å². The monoisotopic (exact) mass is 374 g/mol. The van der Waals surface area contributed by atoms with Gasteiger partial charge in [0.1, 0.15) is 0 Å². The number of benzene rings is 2. The maximum Gasteiger partial charge on any atom is 0.244 e. The molecular weight excluding hydrogens is 344 g/mol. The zero-order valence-electron chi connectivity index (χ0n) is 17.0. The van der Waals surface area contributed by atoms with E-state index in [9.17, 15) is 4.79 Å². The first-order valence-corrected chi connectivity index (χ1v) is 10.6. The van der Waals surface area contributed by atoms with E-state index in [0.717, 1.165) is 25.0 Å². The van der Waals surface area contributed by atoms with Crippen molar-refractivity contribution >= 4 is 11.6 Å². The van der Waals surface area contributed by atoms with Gasteiger partial charge in [0.05, 0.1) is 5.92 Å². The number of nitrogens with one attached hydrogen (secondary N) is 1. The van der Waals surface area contributed by atoms with Crippen molar-refractivity contribution in [3.63, 3.8) is 0 Å². The van der Waals surface area contributed by atoms with Gasteiger partial charge in [0, 0.05) is 11.1 Å². The standard InChI is InChI=1S/C25H30N2O/c1-18-9-7-11-20(15-18)25(21-12-8-10-19(2)16-21)17-23(25)24(28)27-26-22-13-5-3-4-6-14-22/h7-12,15-16,23H,3-6,13-14,17H2,1-2H3,(H,27,28). The smallest absolute Gasteiger partial charge is 0.244 e. The van der Waals surface area contributed by atoms with Crippen molar-refractivity contribution in [1.82, 2.24) is 5.43 Å². The van der Waals surface area contributed by atoms with E-state index in [0.29, 0.717) is 0 Å². The van der Waals surface area contributed by atoms with Crippen molar-refractivity contribution in [2.75, 3.05) is 0 Å². The summed E-state index contributed by atoms with van der Waals surface area (Å²) in [6.07, 6.45) is 7.82. The molecule has 2 saturated carbocycles. The van der Waals surface area contributed by atoms with Gasteiger partial charge in [-0.25, -0.2) is 5.43 Å². The number of carbonyl (C=O) groups is 1. The highest BCUT2D eigenvalue weighted by atomic mass is 16.2. The molecule has 1 amide bonds. The fourth-order valence-electron chi connectivity index (χ4n) is 4.69. The van der Waals surface area contributed by atoms with E-state index in [1.165, 1.54) is 47.9 Å². The molecule has 0 spiro atoms. The lowest BCUT2D eigenvalue weighted by Crippen LogP contribution is -2.26. The van der Waals surface area contributed by atoms with Gasteiger partial charge in [0.2, 0.25) is 5.91 Å². The molecule has 2 aliphatic rings. The van der Waals surface area contributed by atoms with Crippen LogP contribution in [0.5, 0.6) is 0 Å². The van der Waals surface area contributed by atoms with Crippen LogP contribution in [0.15, 0.2) is 53.6 Å². The zero-order chi connectivity index (χ0) is 19.6. The van der Waals surface area contributed by atoms with Crippen LogP contribution in [0.4, 0.5) is 0 Å². The minimum absolute atomic E-state index is 0.0553. The molecule has 1 N–H and O–H groups in total. The van der Waals surface area contributed by atoms with E-state index in [-0.39, 0.29) is 17.2 Å². The average molecular weight is 375 g/mol. The van der Waals surface area contributed by atoms with E-state index >= 15 is 0 Å². The normalized spacial score (nSPS) is 20.9. The van der Waals surface area contributed by atoms with Crippen LogP contribution < -0.4 is 5.43 Å². The molecule has 0 aromatic heterocycles. The third-order valence-electron chi connectivity index (χ3n) is 6.35. The Bertz CT molecular complexity index is 843. The Kier molecular flexibility index (Phi) is 5.34. The molecule has 2 aliphatic carbocycles. The molecule has 1 unspecified atom stereocenters. The summed E-state index contributed by atoms with van der Waals surface area (Å²) in [6.45, 7) is 4.23. The van der Waals surface area contributed by atoms with Crippen LogP contribution in [-0.4, -0.2) is 11.6 Å². The Morgan fingerprint density at radius 2 is 1.50 bits per heavy atom. The van der Waals surface area contributed by atoms with Gasteiger partial charge in [-0.2, -0.15) is 5.10 Å². The second kappa shape index (κ2) is 7.90. The number of hydrogen-bond acceptors (Lipinski definition) is 2. The maximum atomic E-state index is 13.0. The summed E-state index contributed by atoms with van der Waals surface area (Å²) in [6, 6.07) is 17.2. The van der Waals surface area contributed by atoms with E-state index in [1.54, 1.807) is 0 Å². The highest BCUT2D eigenvalue weighted by Gasteiger charge is 2.60. The van der Waals surface area contributed by atoms with Crippen molar-refractivity contribution in [2.45, 2.75) is 64.2 Å². The van der Waals surface area contributed by atoms with Crippen LogP contribution in [0.2, 0.25) is 0 Å². The van der Waals surface area contributed by atoms with Gasteiger partial charge in [0.25, 0.3) is 0 Å².